The van der Waals surface area contributed by atoms with Gasteiger partial charge < -0.3 is 19.5 Å². The highest BCUT2D eigenvalue weighted by atomic mass is 16.5. The summed E-state index contributed by atoms with van der Waals surface area (Å²) in [5.74, 6) is 1.35. The minimum Gasteiger partial charge on any atom is -0.493 e. The summed E-state index contributed by atoms with van der Waals surface area (Å²) in [6.45, 7) is 0.617. The molecule has 0 aliphatic carbocycles. The average Bonchev–Trinajstić information content (AvgIpc) is 3.16. The number of methoxy groups -OCH3 is 2. The largest absolute Gasteiger partial charge is 0.493 e. The third kappa shape index (κ3) is 4.38. The molecule has 2 aromatic carbocycles. The van der Waals surface area contributed by atoms with Crippen molar-refractivity contribution < 1.29 is 19.0 Å². The number of amides is 1. The normalized spacial score (nSPS) is 10.3. The minimum atomic E-state index is -0.329. The summed E-state index contributed by atoms with van der Waals surface area (Å²) < 4.78 is 17.8. The molecule has 3 aromatic rings. The molecule has 0 aliphatic heterocycles. The Labute approximate surface area is 157 Å². The number of nitrogens with one attached hydrogen (secondary N) is 1. The fourth-order valence-corrected chi connectivity index (χ4v) is 2.53. The van der Waals surface area contributed by atoms with E-state index < -0.39 is 0 Å². The van der Waals surface area contributed by atoms with Crippen molar-refractivity contribution in [1.82, 2.24) is 15.1 Å². The second-order valence-electron chi connectivity index (χ2n) is 5.58. The number of carbonyl (C=O) groups is 1. The second kappa shape index (κ2) is 8.75. The molecule has 0 spiro atoms. The average molecular weight is 367 g/mol. The van der Waals surface area contributed by atoms with Crippen molar-refractivity contribution in [3.05, 3.63) is 66.5 Å². The maximum Gasteiger partial charge on any atom is 0.275 e. The zero-order valence-corrected chi connectivity index (χ0v) is 15.2. The van der Waals surface area contributed by atoms with E-state index in [0.717, 1.165) is 5.69 Å². The van der Waals surface area contributed by atoms with Crippen molar-refractivity contribution in [3.8, 4) is 22.9 Å². The molecule has 7 nitrogen and oxygen atoms in total. The highest BCUT2D eigenvalue weighted by molar-refractivity contribution is 5.94. The summed E-state index contributed by atoms with van der Waals surface area (Å²) in [6.07, 6.45) is 1.68. The van der Waals surface area contributed by atoms with Gasteiger partial charge in [0.25, 0.3) is 5.91 Å². The van der Waals surface area contributed by atoms with Crippen LogP contribution in [-0.4, -0.2) is 43.1 Å². The Morgan fingerprint density at radius 3 is 2.33 bits per heavy atom. The van der Waals surface area contributed by atoms with Crippen molar-refractivity contribution in [2.75, 3.05) is 27.4 Å². The molecule has 0 fully saturated rings. The van der Waals surface area contributed by atoms with Gasteiger partial charge in [-0.3, -0.25) is 4.79 Å². The van der Waals surface area contributed by atoms with Gasteiger partial charge in [0, 0.05) is 0 Å². The van der Waals surface area contributed by atoms with E-state index in [1.54, 1.807) is 18.0 Å². The quantitative estimate of drug-likeness (QED) is 0.620. The van der Waals surface area contributed by atoms with Gasteiger partial charge in [-0.1, -0.05) is 30.3 Å². The molecule has 0 unspecified atom stereocenters. The summed E-state index contributed by atoms with van der Waals surface area (Å²) in [5, 5.41) is 7.12. The van der Waals surface area contributed by atoms with E-state index in [9.17, 15) is 4.79 Å². The van der Waals surface area contributed by atoms with Gasteiger partial charge in [0.1, 0.15) is 6.61 Å². The lowest BCUT2D eigenvalue weighted by Crippen LogP contribution is -2.28. The van der Waals surface area contributed by atoms with Crippen LogP contribution in [0.5, 0.6) is 17.2 Å². The Hall–Kier alpha value is -3.48. The van der Waals surface area contributed by atoms with Crippen LogP contribution in [-0.2, 0) is 0 Å². The zero-order chi connectivity index (χ0) is 19.1. The van der Waals surface area contributed by atoms with Gasteiger partial charge in [-0.25, -0.2) is 4.68 Å². The van der Waals surface area contributed by atoms with Crippen molar-refractivity contribution >= 4 is 5.91 Å². The van der Waals surface area contributed by atoms with Gasteiger partial charge >= 0.3 is 0 Å². The van der Waals surface area contributed by atoms with E-state index in [2.05, 4.69) is 10.4 Å². The number of hydrogen-bond donors (Lipinski definition) is 1. The lowest BCUT2D eigenvalue weighted by atomic mass is 10.3. The number of benzene rings is 2. The van der Waals surface area contributed by atoms with Gasteiger partial charge in [-0.15, -0.1) is 0 Å². The Morgan fingerprint density at radius 2 is 1.63 bits per heavy atom. The second-order valence-corrected chi connectivity index (χ2v) is 5.58. The van der Waals surface area contributed by atoms with Crippen LogP contribution in [0.15, 0.2) is 60.8 Å². The first-order valence-corrected chi connectivity index (χ1v) is 8.46. The van der Waals surface area contributed by atoms with Crippen LogP contribution in [0.4, 0.5) is 0 Å². The number of aromatic nitrogens is 2. The molecular formula is C20H21N3O4. The summed E-state index contributed by atoms with van der Waals surface area (Å²) in [7, 11) is 3.09. The molecule has 3 rings (SSSR count). The molecule has 0 bridgehead atoms. The summed E-state index contributed by atoms with van der Waals surface area (Å²) >= 11 is 0. The van der Waals surface area contributed by atoms with Crippen LogP contribution >= 0.6 is 0 Å². The maximum absolute atomic E-state index is 12.5. The van der Waals surface area contributed by atoms with Crippen molar-refractivity contribution in [3.63, 3.8) is 0 Å². The maximum atomic E-state index is 12.5. The van der Waals surface area contributed by atoms with Gasteiger partial charge in [-0.05, 0) is 24.3 Å². The predicted molar refractivity (Wildman–Crippen MR) is 101 cm³/mol. The monoisotopic (exact) mass is 367 g/mol. The van der Waals surface area contributed by atoms with E-state index in [1.165, 1.54) is 7.11 Å². The molecular weight excluding hydrogens is 346 g/mol. The van der Waals surface area contributed by atoms with Crippen LogP contribution in [0.1, 0.15) is 10.5 Å². The van der Waals surface area contributed by atoms with Crippen molar-refractivity contribution in [2.45, 2.75) is 0 Å². The molecule has 7 heteroatoms. The first kappa shape index (κ1) is 18.3. The number of hydrogen-bond acceptors (Lipinski definition) is 5. The Balaban J connectivity index is 1.60. The SMILES string of the molecule is COc1ccccc1OCCNC(=O)c1nn(-c2ccccc2)cc1OC. The van der Waals surface area contributed by atoms with E-state index in [0.29, 0.717) is 30.4 Å². The van der Waals surface area contributed by atoms with Crippen LogP contribution in [0.3, 0.4) is 0 Å². The van der Waals surface area contributed by atoms with Gasteiger partial charge in [0.15, 0.2) is 22.9 Å². The smallest absolute Gasteiger partial charge is 0.275 e. The fourth-order valence-electron chi connectivity index (χ4n) is 2.53. The van der Waals surface area contributed by atoms with Crippen molar-refractivity contribution in [2.24, 2.45) is 0 Å². The number of para-hydroxylation sites is 3. The summed E-state index contributed by atoms with van der Waals surface area (Å²) in [6, 6.07) is 16.9. The molecule has 0 atom stereocenters. The lowest BCUT2D eigenvalue weighted by Gasteiger charge is -2.10. The molecule has 0 saturated carbocycles. The highest BCUT2D eigenvalue weighted by Crippen LogP contribution is 2.25. The molecule has 1 amide bonds. The molecule has 1 aromatic heterocycles. The Bertz CT molecular complexity index is 893. The van der Waals surface area contributed by atoms with E-state index in [4.69, 9.17) is 14.2 Å². The number of nitrogens with zero attached hydrogens (tertiary/aromatic N) is 2. The third-order valence-corrected chi connectivity index (χ3v) is 3.85. The summed E-state index contributed by atoms with van der Waals surface area (Å²) in [5.41, 5.74) is 1.06. The molecule has 27 heavy (non-hydrogen) atoms. The molecule has 0 saturated heterocycles. The predicted octanol–water partition coefficient (Wildman–Crippen LogP) is 2.70. The molecule has 140 valence electrons. The molecule has 0 aliphatic rings. The van der Waals surface area contributed by atoms with Crippen molar-refractivity contribution in [1.29, 1.82) is 0 Å². The number of ether oxygens (including phenoxy) is 3. The minimum absolute atomic E-state index is 0.221. The van der Waals surface area contributed by atoms with Gasteiger partial charge in [0.05, 0.1) is 32.6 Å². The molecule has 0 radical (unpaired) electrons. The first-order chi connectivity index (χ1) is 13.2. The van der Waals surface area contributed by atoms with Crippen LogP contribution in [0.25, 0.3) is 5.69 Å². The van der Waals surface area contributed by atoms with Gasteiger partial charge in [-0.2, -0.15) is 5.10 Å². The van der Waals surface area contributed by atoms with E-state index in [-0.39, 0.29) is 11.6 Å². The number of rotatable bonds is 8. The summed E-state index contributed by atoms with van der Waals surface area (Å²) in [4.78, 5) is 12.5. The van der Waals surface area contributed by atoms with E-state index >= 15 is 0 Å². The van der Waals surface area contributed by atoms with Crippen LogP contribution < -0.4 is 19.5 Å². The fraction of sp³-hybridized carbons (Fsp3) is 0.200. The Morgan fingerprint density at radius 1 is 0.963 bits per heavy atom. The first-order valence-electron chi connectivity index (χ1n) is 8.46. The van der Waals surface area contributed by atoms with Crippen LogP contribution in [0, 0.1) is 0 Å². The third-order valence-electron chi connectivity index (χ3n) is 3.85. The molecule has 1 N–H and O–H groups in total. The standard InChI is InChI=1S/C20H21N3O4/c1-25-16-10-6-7-11-17(16)27-13-12-21-20(24)19-18(26-2)14-23(22-19)15-8-4-3-5-9-15/h3-11,14H,12-13H2,1-2H3,(H,21,24). The van der Waals surface area contributed by atoms with Crippen LogP contribution in [0.2, 0.25) is 0 Å². The topological polar surface area (TPSA) is 74.6 Å². The number of carbonyl (C=O) groups excluding carboxylic acids is 1. The Kier molecular flexibility index (Phi) is 5.94. The molecule has 1 heterocycles. The van der Waals surface area contributed by atoms with E-state index in [1.807, 2.05) is 54.6 Å². The lowest BCUT2D eigenvalue weighted by molar-refractivity contribution is 0.0938. The highest BCUT2D eigenvalue weighted by Gasteiger charge is 2.18. The van der Waals surface area contributed by atoms with Gasteiger partial charge in [0.2, 0.25) is 0 Å². The zero-order valence-electron chi connectivity index (χ0n) is 15.2.